The first-order chi connectivity index (χ1) is 8.69. The van der Waals surface area contributed by atoms with Gasteiger partial charge in [0.2, 0.25) is 0 Å². The quantitative estimate of drug-likeness (QED) is 0.923. The molecule has 18 heavy (non-hydrogen) atoms. The van der Waals surface area contributed by atoms with Gasteiger partial charge in [0.25, 0.3) is 0 Å². The van der Waals surface area contributed by atoms with E-state index in [4.69, 9.17) is 0 Å². The minimum absolute atomic E-state index is 0.116. The van der Waals surface area contributed by atoms with E-state index >= 15 is 0 Å². The van der Waals surface area contributed by atoms with Crippen LogP contribution in [-0.2, 0) is 5.54 Å². The maximum absolute atomic E-state index is 4.26. The molecule has 0 spiro atoms. The molecule has 0 amide bonds. The van der Waals surface area contributed by atoms with E-state index in [0.29, 0.717) is 0 Å². The van der Waals surface area contributed by atoms with Gasteiger partial charge >= 0.3 is 0 Å². The van der Waals surface area contributed by atoms with E-state index in [9.17, 15) is 0 Å². The normalized spacial score (nSPS) is 23.4. The average Bonchev–Trinajstić information content (AvgIpc) is 3.00. The summed E-state index contributed by atoms with van der Waals surface area (Å²) in [6, 6.07) is 8.45. The zero-order valence-electron chi connectivity index (χ0n) is 10.4. The molecule has 1 aromatic heterocycles. The van der Waals surface area contributed by atoms with Crippen molar-refractivity contribution < 1.29 is 0 Å². The predicted octanol–water partition coefficient (Wildman–Crippen LogP) is 3.23. The highest BCUT2D eigenvalue weighted by atomic mass is 79.9. The number of rotatable bonds is 2. The Labute approximate surface area is 115 Å². The van der Waals surface area contributed by atoms with E-state index in [1.54, 1.807) is 6.20 Å². The first-order valence-corrected chi connectivity index (χ1v) is 7.03. The van der Waals surface area contributed by atoms with Crippen LogP contribution in [0.4, 0.5) is 0 Å². The molecule has 1 aliphatic heterocycles. The second kappa shape index (κ2) is 4.52. The fourth-order valence-electron chi connectivity index (χ4n) is 2.59. The smallest absolute Gasteiger partial charge is 0.0787 e. The SMILES string of the molecule is CC1(c2ccc(-n3cccn3)c(Br)c2)CCCN1. The maximum Gasteiger partial charge on any atom is 0.0787 e. The van der Waals surface area contributed by atoms with Crippen molar-refractivity contribution >= 4 is 15.9 Å². The first kappa shape index (κ1) is 11.9. The number of nitrogens with one attached hydrogen (secondary N) is 1. The average molecular weight is 306 g/mol. The predicted molar refractivity (Wildman–Crippen MR) is 75.9 cm³/mol. The summed E-state index contributed by atoms with van der Waals surface area (Å²) in [5.74, 6) is 0. The molecule has 2 aromatic rings. The summed E-state index contributed by atoms with van der Waals surface area (Å²) in [5, 5.41) is 7.85. The molecular weight excluding hydrogens is 290 g/mol. The minimum atomic E-state index is 0.116. The lowest BCUT2D eigenvalue weighted by atomic mass is 9.90. The number of aromatic nitrogens is 2. The third-order valence-corrected chi connectivity index (χ3v) is 4.34. The second-order valence-electron chi connectivity index (χ2n) is 4.98. The van der Waals surface area contributed by atoms with Crippen molar-refractivity contribution in [3.8, 4) is 5.69 Å². The van der Waals surface area contributed by atoms with Crippen LogP contribution in [0, 0.1) is 0 Å². The lowest BCUT2D eigenvalue weighted by Gasteiger charge is -2.25. The number of nitrogens with zero attached hydrogens (tertiary/aromatic N) is 2. The van der Waals surface area contributed by atoms with E-state index in [1.807, 2.05) is 16.9 Å². The summed E-state index contributed by atoms with van der Waals surface area (Å²) < 4.78 is 2.96. The van der Waals surface area contributed by atoms with Crippen molar-refractivity contribution in [2.75, 3.05) is 6.54 Å². The van der Waals surface area contributed by atoms with Crippen LogP contribution >= 0.6 is 15.9 Å². The van der Waals surface area contributed by atoms with Gasteiger partial charge in [0.15, 0.2) is 0 Å². The fourth-order valence-corrected chi connectivity index (χ4v) is 3.15. The molecule has 0 aliphatic carbocycles. The minimum Gasteiger partial charge on any atom is -0.308 e. The molecule has 1 unspecified atom stereocenters. The lowest BCUT2D eigenvalue weighted by molar-refractivity contribution is 0.434. The maximum atomic E-state index is 4.26. The van der Waals surface area contributed by atoms with Gasteiger partial charge in [-0.25, -0.2) is 4.68 Å². The van der Waals surface area contributed by atoms with Crippen LogP contribution in [0.25, 0.3) is 5.69 Å². The van der Waals surface area contributed by atoms with Crippen LogP contribution in [0.2, 0.25) is 0 Å². The Balaban J connectivity index is 1.99. The summed E-state index contributed by atoms with van der Waals surface area (Å²) in [6.07, 6.45) is 6.19. The molecule has 3 rings (SSSR count). The molecule has 0 radical (unpaired) electrons. The second-order valence-corrected chi connectivity index (χ2v) is 5.83. The Hall–Kier alpha value is -1.13. The van der Waals surface area contributed by atoms with Crippen molar-refractivity contribution in [2.45, 2.75) is 25.3 Å². The van der Waals surface area contributed by atoms with Gasteiger partial charge in [0.05, 0.1) is 5.69 Å². The number of hydrogen-bond donors (Lipinski definition) is 1. The van der Waals surface area contributed by atoms with Crippen molar-refractivity contribution in [3.63, 3.8) is 0 Å². The van der Waals surface area contributed by atoms with Gasteiger partial charge in [0, 0.05) is 22.4 Å². The van der Waals surface area contributed by atoms with Crippen molar-refractivity contribution in [1.29, 1.82) is 0 Å². The molecule has 94 valence electrons. The first-order valence-electron chi connectivity index (χ1n) is 6.24. The third kappa shape index (κ3) is 1.99. The van der Waals surface area contributed by atoms with Gasteiger partial charge in [-0.2, -0.15) is 5.10 Å². The highest BCUT2D eigenvalue weighted by Crippen LogP contribution is 2.33. The van der Waals surface area contributed by atoms with Crippen LogP contribution in [0.5, 0.6) is 0 Å². The Kier molecular flexibility index (Phi) is 2.99. The topological polar surface area (TPSA) is 29.9 Å². The van der Waals surface area contributed by atoms with E-state index in [0.717, 1.165) is 16.7 Å². The van der Waals surface area contributed by atoms with Crippen LogP contribution in [0.3, 0.4) is 0 Å². The molecular formula is C14H16BrN3. The number of halogens is 1. The fraction of sp³-hybridized carbons (Fsp3) is 0.357. The van der Waals surface area contributed by atoms with Gasteiger partial charge in [0.1, 0.15) is 0 Å². The molecule has 4 heteroatoms. The molecule has 0 bridgehead atoms. The molecule has 1 aromatic carbocycles. The zero-order valence-corrected chi connectivity index (χ0v) is 11.9. The molecule has 1 fully saturated rings. The molecule has 3 nitrogen and oxygen atoms in total. The van der Waals surface area contributed by atoms with E-state index in [-0.39, 0.29) is 5.54 Å². The standard InChI is InChI=1S/C14H16BrN3/c1-14(6-2-7-16-14)11-4-5-13(12(15)10-11)18-9-3-8-17-18/h3-5,8-10,16H,2,6-7H2,1H3. The number of hydrogen-bond acceptors (Lipinski definition) is 2. The van der Waals surface area contributed by atoms with Crippen LogP contribution in [0.15, 0.2) is 41.1 Å². The largest absolute Gasteiger partial charge is 0.308 e. The summed E-state index contributed by atoms with van der Waals surface area (Å²) in [5.41, 5.74) is 2.53. The van der Waals surface area contributed by atoms with E-state index < -0.39 is 0 Å². The van der Waals surface area contributed by atoms with Gasteiger partial charge in [-0.1, -0.05) is 6.07 Å². The molecule has 1 saturated heterocycles. The monoisotopic (exact) mass is 305 g/mol. The molecule has 1 N–H and O–H groups in total. The highest BCUT2D eigenvalue weighted by molar-refractivity contribution is 9.10. The highest BCUT2D eigenvalue weighted by Gasteiger charge is 2.30. The van der Waals surface area contributed by atoms with Crippen LogP contribution in [0.1, 0.15) is 25.3 Å². The molecule has 1 atom stereocenters. The van der Waals surface area contributed by atoms with Crippen LogP contribution in [-0.4, -0.2) is 16.3 Å². The number of benzene rings is 1. The van der Waals surface area contributed by atoms with Gasteiger partial charge < -0.3 is 5.32 Å². The Bertz CT molecular complexity index is 542. The van der Waals surface area contributed by atoms with Crippen LogP contribution < -0.4 is 5.32 Å². The molecule has 0 saturated carbocycles. The van der Waals surface area contributed by atoms with Gasteiger partial charge in [-0.15, -0.1) is 0 Å². The van der Waals surface area contributed by atoms with Crippen molar-refractivity contribution in [3.05, 3.63) is 46.7 Å². The Morgan fingerprint density at radius 2 is 2.33 bits per heavy atom. The van der Waals surface area contributed by atoms with Gasteiger partial charge in [-0.05, 0) is 66.0 Å². The van der Waals surface area contributed by atoms with Crippen molar-refractivity contribution in [2.24, 2.45) is 0 Å². The van der Waals surface area contributed by atoms with Gasteiger partial charge in [-0.3, -0.25) is 0 Å². The van der Waals surface area contributed by atoms with E-state index in [2.05, 4.69) is 51.5 Å². The molecule has 1 aliphatic rings. The lowest BCUT2D eigenvalue weighted by Crippen LogP contribution is -2.33. The third-order valence-electron chi connectivity index (χ3n) is 3.70. The molecule has 2 heterocycles. The van der Waals surface area contributed by atoms with E-state index in [1.165, 1.54) is 18.4 Å². The zero-order chi connectivity index (χ0) is 12.6. The van der Waals surface area contributed by atoms with Crippen molar-refractivity contribution in [1.82, 2.24) is 15.1 Å². The summed E-state index contributed by atoms with van der Waals surface area (Å²) in [6.45, 7) is 3.38. The summed E-state index contributed by atoms with van der Waals surface area (Å²) in [7, 11) is 0. The Morgan fingerprint density at radius 1 is 1.44 bits per heavy atom. The summed E-state index contributed by atoms with van der Waals surface area (Å²) >= 11 is 3.65. The Morgan fingerprint density at radius 3 is 2.94 bits per heavy atom. The summed E-state index contributed by atoms with van der Waals surface area (Å²) in [4.78, 5) is 0.